The molecule has 39 heavy (non-hydrogen) atoms. The van der Waals surface area contributed by atoms with Crippen molar-refractivity contribution in [3.63, 3.8) is 0 Å². The van der Waals surface area contributed by atoms with Crippen LogP contribution in [-0.2, 0) is 0 Å². The van der Waals surface area contributed by atoms with E-state index in [9.17, 15) is 9.59 Å². The highest BCUT2D eigenvalue weighted by atomic mass is 32.1. The summed E-state index contributed by atoms with van der Waals surface area (Å²) < 4.78 is 1.03. The van der Waals surface area contributed by atoms with Gasteiger partial charge < -0.3 is 14.8 Å². The molecule has 8 heteroatoms. The van der Waals surface area contributed by atoms with Gasteiger partial charge in [0.2, 0.25) is 0 Å². The van der Waals surface area contributed by atoms with Crippen molar-refractivity contribution in [1.29, 1.82) is 0 Å². The molecule has 6 rings (SSSR count). The lowest BCUT2D eigenvalue weighted by molar-refractivity contribution is 0.0648. The van der Waals surface area contributed by atoms with Crippen LogP contribution in [0.25, 0.3) is 21.1 Å². The fourth-order valence-corrected chi connectivity index (χ4v) is 6.25. The third kappa shape index (κ3) is 4.93. The van der Waals surface area contributed by atoms with Gasteiger partial charge in [-0.25, -0.2) is 4.98 Å². The van der Waals surface area contributed by atoms with Gasteiger partial charge in [0.25, 0.3) is 11.8 Å². The number of likely N-dealkylation sites (N-methyl/N-ethyl adjacent to an activating group) is 1. The van der Waals surface area contributed by atoms with Crippen LogP contribution in [0.4, 0.5) is 5.69 Å². The molecule has 1 aliphatic rings. The Kier molecular flexibility index (Phi) is 6.89. The van der Waals surface area contributed by atoms with Gasteiger partial charge in [0.1, 0.15) is 5.82 Å². The van der Waals surface area contributed by atoms with E-state index in [0.29, 0.717) is 11.4 Å². The molecule has 2 amide bonds. The number of aromatic amines is 1. The third-order valence-electron chi connectivity index (χ3n) is 7.53. The first-order valence-corrected chi connectivity index (χ1v) is 14.2. The minimum Gasteiger partial charge on any atom is -0.340 e. The number of carbonyl (C=O) groups is 2. The number of H-pyrrole nitrogens is 1. The Morgan fingerprint density at radius 1 is 0.974 bits per heavy atom. The number of benzene rings is 3. The molecule has 3 aromatic carbocycles. The van der Waals surface area contributed by atoms with Crippen molar-refractivity contribution in [3.8, 4) is 0 Å². The lowest BCUT2D eigenvalue weighted by Gasteiger charge is -2.33. The van der Waals surface area contributed by atoms with Gasteiger partial charge in [-0.3, -0.25) is 14.5 Å². The monoisotopic (exact) mass is 537 g/mol. The number of aromatic nitrogens is 2. The SMILES string of the molecule is CCN1CCN(C(=O)c2cc3cc(N(C(=O)c4ccccc4)C(C)c4nc5ccccc5[nH]4)ccc3s2)CC1. The zero-order valence-electron chi connectivity index (χ0n) is 22.1. The molecule has 1 fully saturated rings. The molecular formula is C31H31N5O2S. The summed E-state index contributed by atoms with van der Waals surface area (Å²) >= 11 is 1.51. The van der Waals surface area contributed by atoms with Gasteiger partial charge >= 0.3 is 0 Å². The van der Waals surface area contributed by atoms with Gasteiger partial charge in [-0.05, 0) is 67.4 Å². The first kappa shape index (κ1) is 25.3. The summed E-state index contributed by atoms with van der Waals surface area (Å²) in [4.78, 5) is 42.2. The summed E-state index contributed by atoms with van der Waals surface area (Å²) in [7, 11) is 0. The van der Waals surface area contributed by atoms with E-state index < -0.39 is 0 Å². The number of nitrogens with zero attached hydrogens (tertiary/aromatic N) is 4. The number of piperazine rings is 1. The van der Waals surface area contributed by atoms with Gasteiger partial charge in [-0.15, -0.1) is 11.3 Å². The van der Waals surface area contributed by atoms with Crippen molar-refractivity contribution in [2.45, 2.75) is 19.9 Å². The molecule has 5 aromatic rings. The van der Waals surface area contributed by atoms with E-state index in [1.807, 2.05) is 90.7 Å². The standard InChI is InChI=1S/C31H31N5O2S/c1-3-34-15-17-35(18-16-34)31(38)28-20-23-19-24(13-14-27(23)39-28)36(30(37)22-9-5-4-6-10-22)21(2)29-32-25-11-7-8-12-26(25)33-29/h4-14,19-21H,3,15-18H2,1-2H3,(H,32,33). The highest BCUT2D eigenvalue weighted by Crippen LogP contribution is 2.34. The molecule has 1 saturated heterocycles. The summed E-state index contributed by atoms with van der Waals surface area (Å²) in [5.41, 5.74) is 3.16. The van der Waals surface area contributed by atoms with Crippen molar-refractivity contribution in [2.24, 2.45) is 0 Å². The lowest BCUT2D eigenvalue weighted by Crippen LogP contribution is -2.48. The van der Waals surface area contributed by atoms with Crippen LogP contribution in [0.1, 0.15) is 45.7 Å². The molecule has 3 heterocycles. The second-order valence-electron chi connectivity index (χ2n) is 9.92. The summed E-state index contributed by atoms with van der Waals surface area (Å²) in [5.74, 6) is 0.692. The number of carbonyl (C=O) groups excluding carboxylic acids is 2. The molecule has 1 aliphatic heterocycles. The molecule has 1 N–H and O–H groups in total. The number of anilines is 1. The van der Waals surface area contributed by atoms with E-state index in [1.165, 1.54) is 11.3 Å². The Hall–Kier alpha value is -4.01. The molecule has 0 bridgehead atoms. The minimum absolute atomic E-state index is 0.0846. The molecule has 0 aliphatic carbocycles. The summed E-state index contributed by atoms with van der Waals surface area (Å²) in [6, 6.07) is 24.8. The van der Waals surface area contributed by atoms with E-state index in [-0.39, 0.29) is 17.9 Å². The molecule has 1 unspecified atom stereocenters. The first-order chi connectivity index (χ1) is 19.0. The average Bonchev–Trinajstić information content (AvgIpc) is 3.62. The quantitative estimate of drug-likeness (QED) is 0.290. The maximum absolute atomic E-state index is 13.9. The Balaban J connectivity index is 1.35. The average molecular weight is 538 g/mol. The van der Waals surface area contributed by atoms with Crippen LogP contribution in [-0.4, -0.2) is 64.3 Å². The van der Waals surface area contributed by atoms with Gasteiger partial charge in [0, 0.05) is 42.1 Å². The zero-order valence-corrected chi connectivity index (χ0v) is 22.9. The van der Waals surface area contributed by atoms with E-state index >= 15 is 0 Å². The van der Waals surface area contributed by atoms with E-state index in [2.05, 4.69) is 16.8 Å². The van der Waals surface area contributed by atoms with Gasteiger partial charge in [0.15, 0.2) is 0 Å². The molecular weight excluding hydrogens is 506 g/mol. The minimum atomic E-state index is -0.350. The van der Waals surface area contributed by atoms with Crippen LogP contribution in [0.3, 0.4) is 0 Å². The van der Waals surface area contributed by atoms with Crippen LogP contribution in [0.5, 0.6) is 0 Å². The normalized spacial score (nSPS) is 15.1. The first-order valence-electron chi connectivity index (χ1n) is 13.4. The van der Waals surface area contributed by atoms with Gasteiger partial charge in [-0.2, -0.15) is 0 Å². The Morgan fingerprint density at radius 3 is 2.46 bits per heavy atom. The third-order valence-corrected chi connectivity index (χ3v) is 8.63. The highest BCUT2D eigenvalue weighted by Gasteiger charge is 2.28. The van der Waals surface area contributed by atoms with Crippen molar-refractivity contribution < 1.29 is 9.59 Å². The molecule has 7 nitrogen and oxygen atoms in total. The number of fused-ring (bicyclic) bond motifs is 2. The van der Waals surface area contributed by atoms with Crippen LogP contribution in [0.2, 0.25) is 0 Å². The number of imidazole rings is 1. The highest BCUT2D eigenvalue weighted by molar-refractivity contribution is 7.20. The predicted molar refractivity (Wildman–Crippen MR) is 158 cm³/mol. The van der Waals surface area contributed by atoms with Crippen molar-refractivity contribution in [1.82, 2.24) is 19.8 Å². The van der Waals surface area contributed by atoms with Crippen LogP contribution < -0.4 is 4.90 Å². The number of thiophene rings is 1. The van der Waals surface area contributed by atoms with Crippen LogP contribution in [0.15, 0.2) is 78.9 Å². The molecule has 198 valence electrons. The van der Waals surface area contributed by atoms with Crippen molar-refractivity contribution in [3.05, 3.63) is 95.1 Å². The number of nitrogens with one attached hydrogen (secondary N) is 1. The van der Waals surface area contributed by atoms with Crippen molar-refractivity contribution in [2.75, 3.05) is 37.6 Å². The Labute approximate surface area is 231 Å². The number of rotatable bonds is 6. The van der Waals surface area contributed by atoms with E-state index in [0.717, 1.165) is 64.4 Å². The molecule has 1 atom stereocenters. The fourth-order valence-electron chi connectivity index (χ4n) is 5.24. The molecule has 0 radical (unpaired) electrons. The van der Waals surface area contributed by atoms with E-state index in [4.69, 9.17) is 4.98 Å². The number of amides is 2. The predicted octanol–water partition coefficient (Wildman–Crippen LogP) is 5.96. The number of hydrogen-bond acceptors (Lipinski definition) is 5. The van der Waals surface area contributed by atoms with Gasteiger partial charge in [0.05, 0.1) is 22.0 Å². The fraction of sp³-hybridized carbons (Fsp3) is 0.258. The molecule has 0 saturated carbocycles. The maximum atomic E-state index is 13.9. The topological polar surface area (TPSA) is 72.5 Å². The number of hydrogen-bond donors (Lipinski definition) is 1. The smallest absolute Gasteiger partial charge is 0.264 e. The van der Waals surface area contributed by atoms with Crippen molar-refractivity contribution >= 4 is 50.0 Å². The second-order valence-corrected chi connectivity index (χ2v) is 11.0. The maximum Gasteiger partial charge on any atom is 0.264 e. The Morgan fingerprint density at radius 2 is 1.72 bits per heavy atom. The van der Waals surface area contributed by atoms with Crippen LogP contribution >= 0.6 is 11.3 Å². The van der Waals surface area contributed by atoms with E-state index in [1.54, 1.807) is 4.90 Å². The molecule has 2 aromatic heterocycles. The summed E-state index contributed by atoms with van der Waals surface area (Å²) in [5, 5.41) is 0.954. The summed E-state index contributed by atoms with van der Waals surface area (Å²) in [6.07, 6.45) is 0. The zero-order chi connectivity index (χ0) is 26.9. The number of para-hydroxylation sites is 2. The lowest BCUT2D eigenvalue weighted by atomic mass is 10.1. The largest absolute Gasteiger partial charge is 0.340 e. The molecule has 0 spiro atoms. The second kappa shape index (κ2) is 10.6. The summed E-state index contributed by atoms with van der Waals surface area (Å²) in [6.45, 7) is 8.48. The Bertz CT molecular complexity index is 1600. The van der Waals surface area contributed by atoms with Gasteiger partial charge in [-0.1, -0.05) is 37.3 Å². The van der Waals surface area contributed by atoms with Crippen LogP contribution in [0, 0.1) is 0 Å².